The number of hydrogen-bond acceptors (Lipinski definition) is 2. The minimum absolute atomic E-state index is 0.534. The normalized spacial score (nSPS) is 11.3. The Balaban J connectivity index is 2.13. The summed E-state index contributed by atoms with van der Waals surface area (Å²) < 4.78 is 7.25. The van der Waals surface area contributed by atoms with Crippen LogP contribution in [0.2, 0.25) is 5.02 Å². The van der Waals surface area contributed by atoms with Crippen molar-refractivity contribution >= 4 is 34.2 Å². The van der Waals surface area contributed by atoms with E-state index in [1.54, 1.807) is 12.5 Å². The summed E-state index contributed by atoms with van der Waals surface area (Å²) in [5.74, 6) is 1.48. The van der Waals surface area contributed by atoms with E-state index in [1.807, 2.05) is 24.3 Å². The van der Waals surface area contributed by atoms with E-state index in [2.05, 4.69) is 9.55 Å². The van der Waals surface area contributed by atoms with Crippen LogP contribution in [0.15, 0.2) is 41.2 Å². The maximum atomic E-state index is 6.20. The standard InChI is InChI=1S/C14H12Cl2N2O/c15-6-4-13-17-14-11(16)2-1-3-12(14)18(13)8-10-5-7-19-9-10/h1-3,5,7,9H,4,6,8H2. The highest BCUT2D eigenvalue weighted by atomic mass is 35.5. The van der Waals surface area contributed by atoms with Gasteiger partial charge in [-0.3, -0.25) is 0 Å². The third-order valence-electron chi connectivity index (χ3n) is 3.05. The molecule has 1 aromatic carbocycles. The van der Waals surface area contributed by atoms with E-state index in [-0.39, 0.29) is 0 Å². The van der Waals surface area contributed by atoms with Crippen molar-refractivity contribution in [1.29, 1.82) is 0 Å². The van der Waals surface area contributed by atoms with Crippen molar-refractivity contribution in [3.63, 3.8) is 0 Å². The second-order valence-electron chi connectivity index (χ2n) is 4.29. The van der Waals surface area contributed by atoms with Crippen molar-refractivity contribution in [3.05, 3.63) is 53.2 Å². The first-order valence-electron chi connectivity index (χ1n) is 6.00. The first kappa shape index (κ1) is 12.6. The van der Waals surface area contributed by atoms with Gasteiger partial charge in [-0.1, -0.05) is 17.7 Å². The average molecular weight is 295 g/mol. The molecule has 0 aliphatic carbocycles. The Morgan fingerprint density at radius 2 is 2.16 bits per heavy atom. The predicted molar refractivity (Wildman–Crippen MR) is 77.0 cm³/mol. The van der Waals surface area contributed by atoms with Crippen molar-refractivity contribution in [2.45, 2.75) is 13.0 Å². The molecule has 0 fully saturated rings. The summed E-state index contributed by atoms with van der Waals surface area (Å²) in [5.41, 5.74) is 2.94. The summed E-state index contributed by atoms with van der Waals surface area (Å²) in [7, 11) is 0. The number of aryl methyl sites for hydroxylation is 1. The van der Waals surface area contributed by atoms with Crippen LogP contribution in [0.1, 0.15) is 11.4 Å². The fourth-order valence-corrected chi connectivity index (χ4v) is 2.56. The molecule has 3 nitrogen and oxygen atoms in total. The Morgan fingerprint density at radius 1 is 1.26 bits per heavy atom. The maximum absolute atomic E-state index is 6.20. The van der Waals surface area contributed by atoms with Crippen LogP contribution in [-0.4, -0.2) is 15.4 Å². The highest BCUT2D eigenvalue weighted by molar-refractivity contribution is 6.34. The lowest BCUT2D eigenvalue weighted by molar-refractivity contribution is 0.562. The largest absolute Gasteiger partial charge is 0.472 e. The quantitative estimate of drug-likeness (QED) is 0.678. The Morgan fingerprint density at radius 3 is 2.89 bits per heavy atom. The first-order chi connectivity index (χ1) is 9.29. The molecule has 0 N–H and O–H groups in total. The number of hydrogen-bond donors (Lipinski definition) is 0. The van der Waals surface area contributed by atoms with E-state index in [9.17, 15) is 0 Å². The molecule has 0 aliphatic heterocycles. The predicted octanol–water partition coefficient (Wildman–Crippen LogP) is 4.11. The number of para-hydroxylation sites is 1. The molecule has 19 heavy (non-hydrogen) atoms. The first-order valence-corrected chi connectivity index (χ1v) is 6.91. The topological polar surface area (TPSA) is 31.0 Å². The van der Waals surface area contributed by atoms with Gasteiger partial charge in [0.25, 0.3) is 0 Å². The molecule has 0 unspecified atom stereocenters. The number of aromatic nitrogens is 2. The summed E-state index contributed by atoms with van der Waals surface area (Å²) in [5, 5.41) is 0.666. The van der Waals surface area contributed by atoms with Crippen LogP contribution in [0, 0.1) is 0 Å². The summed E-state index contributed by atoms with van der Waals surface area (Å²) in [6, 6.07) is 7.75. The zero-order chi connectivity index (χ0) is 13.2. The van der Waals surface area contributed by atoms with Crippen LogP contribution in [0.5, 0.6) is 0 Å². The number of nitrogens with zero attached hydrogens (tertiary/aromatic N) is 2. The van der Waals surface area contributed by atoms with Gasteiger partial charge >= 0.3 is 0 Å². The van der Waals surface area contributed by atoms with Crippen LogP contribution >= 0.6 is 23.2 Å². The van der Waals surface area contributed by atoms with Crippen molar-refractivity contribution < 1.29 is 4.42 Å². The van der Waals surface area contributed by atoms with Crippen molar-refractivity contribution in [3.8, 4) is 0 Å². The Hall–Kier alpha value is -1.45. The van der Waals surface area contributed by atoms with Crippen LogP contribution in [0.3, 0.4) is 0 Å². The van der Waals surface area contributed by atoms with Crippen molar-refractivity contribution in [2.75, 3.05) is 5.88 Å². The molecule has 2 aromatic heterocycles. The summed E-state index contributed by atoms with van der Waals surface area (Å²) in [6.07, 6.45) is 4.12. The molecular weight excluding hydrogens is 283 g/mol. The van der Waals surface area contributed by atoms with Crippen LogP contribution in [0.4, 0.5) is 0 Å². The Bertz CT molecular complexity index is 689. The fraction of sp³-hybridized carbons (Fsp3) is 0.214. The fourth-order valence-electron chi connectivity index (χ4n) is 2.18. The lowest BCUT2D eigenvalue weighted by Gasteiger charge is -2.06. The summed E-state index contributed by atoms with van der Waals surface area (Å²) in [4.78, 5) is 4.60. The number of imidazole rings is 1. The molecular formula is C14H12Cl2N2O. The molecule has 3 rings (SSSR count). The molecule has 2 heterocycles. The van der Waals surface area contributed by atoms with Gasteiger partial charge < -0.3 is 8.98 Å². The molecule has 0 bridgehead atoms. The zero-order valence-electron chi connectivity index (χ0n) is 10.1. The second kappa shape index (κ2) is 5.27. The van der Waals surface area contributed by atoms with Gasteiger partial charge in [0.15, 0.2) is 0 Å². The van der Waals surface area contributed by atoms with Gasteiger partial charge in [-0.15, -0.1) is 11.6 Å². The van der Waals surface area contributed by atoms with Crippen LogP contribution in [0.25, 0.3) is 11.0 Å². The summed E-state index contributed by atoms with van der Waals surface area (Å²) >= 11 is 12.0. The molecule has 0 saturated heterocycles. The zero-order valence-corrected chi connectivity index (χ0v) is 11.7. The molecule has 98 valence electrons. The molecule has 0 amide bonds. The van der Waals surface area contributed by atoms with E-state index in [0.29, 0.717) is 23.9 Å². The molecule has 5 heteroatoms. The van der Waals surface area contributed by atoms with Gasteiger partial charge in [0, 0.05) is 17.9 Å². The van der Waals surface area contributed by atoms with E-state index in [1.165, 1.54) is 0 Å². The van der Waals surface area contributed by atoms with Gasteiger partial charge in [0.1, 0.15) is 11.3 Å². The second-order valence-corrected chi connectivity index (χ2v) is 5.08. The van der Waals surface area contributed by atoms with Gasteiger partial charge in [0.2, 0.25) is 0 Å². The molecule has 0 aliphatic rings. The number of alkyl halides is 1. The number of halogens is 2. The average Bonchev–Trinajstić information content (AvgIpc) is 3.01. The smallest absolute Gasteiger partial charge is 0.111 e. The van der Waals surface area contributed by atoms with E-state index < -0.39 is 0 Å². The molecule has 0 atom stereocenters. The minimum atomic E-state index is 0.534. The highest BCUT2D eigenvalue weighted by Gasteiger charge is 2.13. The highest BCUT2D eigenvalue weighted by Crippen LogP contribution is 2.25. The lowest BCUT2D eigenvalue weighted by atomic mass is 10.3. The minimum Gasteiger partial charge on any atom is -0.472 e. The van der Waals surface area contributed by atoms with E-state index in [4.69, 9.17) is 27.6 Å². The number of benzene rings is 1. The number of rotatable bonds is 4. The third kappa shape index (κ3) is 2.36. The molecule has 0 radical (unpaired) electrons. The molecule has 0 spiro atoms. The van der Waals surface area contributed by atoms with Gasteiger partial charge in [-0.25, -0.2) is 4.98 Å². The number of fused-ring (bicyclic) bond motifs is 1. The van der Waals surface area contributed by atoms with Gasteiger partial charge in [-0.2, -0.15) is 0 Å². The SMILES string of the molecule is ClCCc1nc2c(Cl)cccc2n1Cc1ccoc1. The third-order valence-corrected chi connectivity index (χ3v) is 3.54. The van der Waals surface area contributed by atoms with E-state index >= 15 is 0 Å². The Labute approximate surface area is 120 Å². The van der Waals surface area contributed by atoms with Crippen molar-refractivity contribution in [2.24, 2.45) is 0 Å². The molecule has 0 saturated carbocycles. The Kier molecular flexibility index (Phi) is 3.49. The van der Waals surface area contributed by atoms with Crippen LogP contribution in [-0.2, 0) is 13.0 Å². The summed E-state index contributed by atoms with van der Waals surface area (Å²) in [6.45, 7) is 0.708. The maximum Gasteiger partial charge on any atom is 0.111 e. The molecule has 3 aromatic rings. The number of furan rings is 1. The van der Waals surface area contributed by atoms with E-state index in [0.717, 1.165) is 22.4 Å². The lowest BCUT2D eigenvalue weighted by Crippen LogP contribution is -2.05. The van der Waals surface area contributed by atoms with Gasteiger partial charge in [0.05, 0.1) is 29.6 Å². The van der Waals surface area contributed by atoms with Crippen molar-refractivity contribution in [1.82, 2.24) is 9.55 Å². The van der Waals surface area contributed by atoms with Crippen LogP contribution < -0.4 is 0 Å². The monoisotopic (exact) mass is 294 g/mol. The van der Waals surface area contributed by atoms with Gasteiger partial charge in [-0.05, 0) is 18.2 Å².